The first-order valence-electron chi connectivity index (χ1n) is 7.53. The van der Waals surface area contributed by atoms with E-state index >= 15 is 0 Å². The summed E-state index contributed by atoms with van der Waals surface area (Å²) in [6, 6.07) is 6.55. The Kier molecular flexibility index (Phi) is 4.69. The standard InChI is InChI=1S/C18H11F5N2O2/c1-8-11(7-9-4-3-5-10(6-9)27-2)18(26)25(24-8)17-15(22)13(20)12(19)14(21)16(17)23/h3-7H,1-2H3/b11-7+. The lowest BCUT2D eigenvalue weighted by Crippen LogP contribution is -2.25. The van der Waals surface area contributed by atoms with E-state index in [4.69, 9.17) is 4.74 Å². The van der Waals surface area contributed by atoms with Crippen molar-refractivity contribution in [3.05, 3.63) is 64.5 Å². The number of hydrazone groups is 1. The molecule has 1 aliphatic rings. The summed E-state index contributed by atoms with van der Waals surface area (Å²) in [6.07, 6.45) is 1.37. The predicted molar refractivity (Wildman–Crippen MR) is 87.8 cm³/mol. The van der Waals surface area contributed by atoms with Gasteiger partial charge in [-0.3, -0.25) is 4.79 Å². The molecule has 1 amide bonds. The number of carbonyl (C=O) groups is 1. The lowest BCUT2D eigenvalue weighted by molar-refractivity contribution is -0.114. The highest BCUT2D eigenvalue weighted by atomic mass is 19.2. The second-order valence-electron chi connectivity index (χ2n) is 5.56. The molecule has 0 spiro atoms. The van der Waals surface area contributed by atoms with Crippen LogP contribution in [-0.2, 0) is 4.79 Å². The van der Waals surface area contributed by atoms with Gasteiger partial charge < -0.3 is 4.74 Å². The summed E-state index contributed by atoms with van der Waals surface area (Å²) < 4.78 is 73.1. The molecule has 0 bridgehead atoms. The maximum Gasteiger partial charge on any atom is 0.280 e. The van der Waals surface area contributed by atoms with Crippen molar-refractivity contribution >= 4 is 23.4 Å². The van der Waals surface area contributed by atoms with Gasteiger partial charge in [-0.15, -0.1) is 0 Å². The summed E-state index contributed by atoms with van der Waals surface area (Å²) in [5, 5.41) is 3.82. The van der Waals surface area contributed by atoms with E-state index in [9.17, 15) is 26.7 Å². The Morgan fingerprint density at radius 3 is 2.19 bits per heavy atom. The topological polar surface area (TPSA) is 41.9 Å². The zero-order valence-electron chi connectivity index (χ0n) is 14.0. The summed E-state index contributed by atoms with van der Waals surface area (Å²) in [6.45, 7) is 1.37. The van der Waals surface area contributed by atoms with Crippen molar-refractivity contribution < 1.29 is 31.5 Å². The van der Waals surface area contributed by atoms with Crippen molar-refractivity contribution in [1.29, 1.82) is 0 Å². The van der Waals surface area contributed by atoms with Crippen LogP contribution in [0.3, 0.4) is 0 Å². The normalized spacial score (nSPS) is 15.5. The third kappa shape index (κ3) is 3.05. The molecule has 0 aromatic heterocycles. The monoisotopic (exact) mass is 382 g/mol. The summed E-state index contributed by atoms with van der Waals surface area (Å²) >= 11 is 0. The van der Waals surface area contributed by atoms with Gasteiger partial charge in [-0.1, -0.05) is 12.1 Å². The molecular weight excluding hydrogens is 371 g/mol. The van der Waals surface area contributed by atoms with E-state index in [1.165, 1.54) is 20.1 Å². The third-order valence-electron chi connectivity index (χ3n) is 3.87. The number of anilines is 1. The molecule has 140 valence electrons. The highest BCUT2D eigenvalue weighted by molar-refractivity contribution is 6.32. The number of halogens is 5. The molecule has 0 radical (unpaired) electrons. The van der Waals surface area contributed by atoms with Crippen molar-refractivity contribution in [3.63, 3.8) is 0 Å². The molecular formula is C18H11F5N2O2. The van der Waals surface area contributed by atoms with Crippen molar-refractivity contribution in [1.82, 2.24) is 0 Å². The Balaban J connectivity index is 2.08. The summed E-state index contributed by atoms with van der Waals surface area (Å²) in [5.74, 6) is -11.4. The minimum absolute atomic E-state index is 0.0479. The maximum absolute atomic E-state index is 14.0. The zero-order valence-corrected chi connectivity index (χ0v) is 14.0. The molecule has 9 heteroatoms. The lowest BCUT2D eigenvalue weighted by atomic mass is 10.1. The number of amides is 1. The van der Waals surface area contributed by atoms with Crippen LogP contribution < -0.4 is 9.75 Å². The van der Waals surface area contributed by atoms with E-state index in [0.29, 0.717) is 11.3 Å². The molecule has 0 saturated heterocycles. The molecule has 3 rings (SSSR count). The molecule has 0 unspecified atom stereocenters. The van der Waals surface area contributed by atoms with Crippen LogP contribution in [0.5, 0.6) is 5.75 Å². The highest BCUT2D eigenvalue weighted by Crippen LogP contribution is 2.34. The molecule has 4 nitrogen and oxygen atoms in total. The molecule has 1 aliphatic heterocycles. The van der Waals surface area contributed by atoms with E-state index in [2.05, 4.69) is 5.10 Å². The molecule has 0 saturated carbocycles. The minimum atomic E-state index is -2.31. The average molecular weight is 382 g/mol. The molecule has 1 heterocycles. The summed E-state index contributed by atoms with van der Waals surface area (Å²) in [7, 11) is 1.45. The van der Waals surface area contributed by atoms with E-state index in [-0.39, 0.29) is 16.3 Å². The van der Waals surface area contributed by atoms with Crippen LogP contribution in [0, 0.1) is 29.1 Å². The predicted octanol–water partition coefficient (Wildman–Crippen LogP) is 4.20. The first-order chi connectivity index (χ1) is 12.8. The van der Waals surface area contributed by atoms with E-state index in [1.54, 1.807) is 24.3 Å². The van der Waals surface area contributed by atoms with Gasteiger partial charge in [0.2, 0.25) is 5.82 Å². The SMILES string of the molecule is COc1cccc(/C=C2/C(=O)N(c3c(F)c(F)c(F)c(F)c3F)N=C2C)c1. The maximum atomic E-state index is 14.0. The van der Waals surface area contributed by atoms with Crippen LogP contribution in [0.25, 0.3) is 6.08 Å². The van der Waals surface area contributed by atoms with Gasteiger partial charge in [0.1, 0.15) is 11.4 Å². The lowest BCUT2D eigenvalue weighted by Gasteiger charge is -2.15. The Morgan fingerprint density at radius 1 is 1.00 bits per heavy atom. The highest BCUT2D eigenvalue weighted by Gasteiger charge is 2.36. The molecule has 0 N–H and O–H groups in total. The van der Waals surface area contributed by atoms with E-state index in [0.717, 1.165) is 0 Å². The second-order valence-corrected chi connectivity index (χ2v) is 5.56. The Labute approximate surface area is 150 Å². The third-order valence-corrected chi connectivity index (χ3v) is 3.87. The average Bonchev–Trinajstić information content (AvgIpc) is 2.93. The first-order valence-corrected chi connectivity index (χ1v) is 7.53. The number of ether oxygens (including phenoxy) is 1. The number of benzene rings is 2. The molecule has 27 heavy (non-hydrogen) atoms. The van der Waals surface area contributed by atoms with Crippen LogP contribution in [0.15, 0.2) is 34.9 Å². The fraction of sp³-hybridized carbons (Fsp3) is 0.111. The number of carbonyl (C=O) groups excluding carboxylic acids is 1. The van der Waals surface area contributed by atoms with Gasteiger partial charge in [-0.05, 0) is 30.7 Å². The van der Waals surface area contributed by atoms with Gasteiger partial charge in [0.25, 0.3) is 5.91 Å². The molecule has 0 fully saturated rings. The summed E-state index contributed by atoms with van der Waals surface area (Å²) in [5.41, 5.74) is -0.921. The van der Waals surface area contributed by atoms with Gasteiger partial charge in [0.05, 0.1) is 18.4 Å². The largest absolute Gasteiger partial charge is 0.497 e. The molecule has 0 atom stereocenters. The number of hydrogen-bond acceptors (Lipinski definition) is 3. The van der Waals surface area contributed by atoms with Crippen LogP contribution in [0.4, 0.5) is 27.6 Å². The number of hydrogen-bond donors (Lipinski definition) is 0. The minimum Gasteiger partial charge on any atom is -0.497 e. The van der Waals surface area contributed by atoms with Gasteiger partial charge in [0, 0.05) is 0 Å². The molecule has 2 aromatic carbocycles. The molecule has 2 aromatic rings. The summed E-state index contributed by atoms with van der Waals surface area (Å²) in [4.78, 5) is 12.5. The fourth-order valence-corrected chi connectivity index (χ4v) is 2.51. The zero-order chi connectivity index (χ0) is 19.9. The van der Waals surface area contributed by atoms with Gasteiger partial charge in [0.15, 0.2) is 23.3 Å². The number of methoxy groups -OCH3 is 1. The number of nitrogens with zero attached hydrogens (tertiary/aromatic N) is 2. The van der Waals surface area contributed by atoms with E-state index < -0.39 is 40.7 Å². The van der Waals surface area contributed by atoms with Crippen molar-refractivity contribution in [2.75, 3.05) is 12.1 Å². The number of rotatable bonds is 3. The Morgan fingerprint density at radius 2 is 1.59 bits per heavy atom. The van der Waals surface area contributed by atoms with Crippen molar-refractivity contribution in [2.24, 2.45) is 5.10 Å². The first kappa shape index (κ1) is 18.6. The van der Waals surface area contributed by atoms with Crippen LogP contribution in [0.2, 0.25) is 0 Å². The smallest absolute Gasteiger partial charge is 0.280 e. The Hall–Kier alpha value is -3.23. The van der Waals surface area contributed by atoms with E-state index in [1.807, 2.05) is 0 Å². The van der Waals surface area contributed by atoms with Gasteiger partial charge in [-0.2, -0.15) is 10.1 Å². The quantitative estimate of drug-likeness (QED) is 0.346. The van der Waals surface area contributed by atoms with Crippen molar-refractivity contribution in [3.8, 4) is 5.75 Å². The second kappa shape index (κ2) is 6.82. The van der Waals surface area contributed by atoms with Crippen LogP contribution in [0.1, 0.15) is 12.5 Å². The van der Waals surface area contributed by atoms with Gasteiger partial charge in [-0.25, -0.2) is 22.0 Å². The van der Waals surface area contributed by atoms with Crippen LogP contribution in [-0.4, -0.2) is 18.7 Å². The van der Waals surface area contributed by atoms with Gasteiger partial charge >= 0.3 is 0 Å². The Bertz CT molecular complexity index is 988. The fourth-order valence-electron chi connectivity index (χ4n) is 2.51. The van der Waals surface area contributed by atoms with Crippen molar-refractivity contribution in [2.45, 2.75) is 6.92 Å². The molecule has 0 aliphatic carbocycles. The van der Waals surface area contributed by atoms with Crippen LogP contribution >= 0.6 is 0 Å².